The monoisotopic (exact) mass is 273 g/mol. The Labute approximate surface area is 120 Å². The van der Waals surface area contributed by atoms with E-state index < -0.39 is 0 Å². The maximum Gasteiger partial charge on any atom is 0.0764 e. The molecule has 0 saturated carbocycles. The van der Waals surface area contributed by atoms with Crippen molar-refractivity contribution >= 4 is 0 Å². The molecule has 2 aromatic rings. The molecule has 0 radical (unpaired) electrons. The van der Waals surface area contributed by atoms with Crippen LogP contribution in [0.15, 0.2) is 24.5 Å². The molecule has 3 rings (SSSR count). The van der Waals surface area contributed by atoms with Crippen LogP contribution in [0.4, 0.5) is 0 Å². The average Bonchev–Trinajstić information content (AvgIpc) is 3.10. The van der Waals surface area contributed by atoms with Crippen LogP contribution in [0.25, 0.3) is 0 Å². The summed E-state index contributed by atoms with van der Waals surface area (Å²) >= 11 is 0. The van der Waals surface area contributed by atoms with Gasteiger partial charge in [0.05, 0.1) is 5.69 Å². The van der Waals surface area contributed by atoms with Crippen molar-refractivity contribution < 1.29 is 0 Å². The van der Waals surface area contributed by atoms with Crippen molar-refractivity contribution in [3.63, 3.8) is 0 Å². The number of nitrogens with one attached hydrogen (secondary N) is 1. The summed E-state index contributed by atoms with van der Waals surface area (Å²) in [6, 6.07) is 4.67. The quantitative estimate of drug-likeness (QED) is 0.931. The summed E-state index contributed by atoms with van der Waals surface area (Å²) in [4.78, 5) is 2.50. The first-order valence-corrected chi connectivity index (χ1v) is 7.48. The Hall–Kier alpha value is -1.62. The molecule has 1 saturated heterocycles. The van der Waals surface area contributed by atoms with Gasteiger partial charge < -0.3 is 0 Å². The second kappa shape index (κ2) is 5.79. The van der Waals surface area contributed by atoms with E-state index >= 15 is 0 Å². The highest BCUT2D eigenvalue weighted by Gasteiger charge is 2.22. The first-order valence-electron chi connectivity index (χ1n) is 7.48. The molecule has 1 atom stereocenters. The minimum atomic E-state index is 0.433. The predicted octanol–water partition coefficient (Wildman–Crippen LogP) is 2.57. The lowest BCUT2D eigenvalue weighted by Crippen LogP contribution is -2.34. The fraction of sp³-hybridized carbons (Fsp3) is 0.600. The highest BCUT2D eigenvalue weighted by molar-refractivity contribution is 5.08. The van der Waals surface area contributed by atoms with Crippen LogP contribution < -0.4 is 0 Å². The lowest BCUT2D eigenvalue weighted by molar-refractivity contribution is 0.195. The zero-order valence-corrected chi connectivity index (χ0v) is 12.3. The Balaban J connectivity index is 1.62. The van der Waals surface area contributed by atoms with Crippen molar-refractivity contribution in [2.24, 2.45) is 0 Å². The Bertz CT molecular complexity index is 528. The molecule has 1 aliphatic rings. The molecule has 0 unspecified atom stereocenters. The molecule has 2 aromatic heterocycles. The van der Waals surface area contributed by atoms with E-state index in [1.165, 1.54) is 30.8 Å². The minimum Gasteiger partial charge on any atom is -0.297 e. The molecular formula is C15H23N5. The van der Waals surface area contributed by atoms with E-state index in [9.17, 15) is 0 Å². The van der Waals surface area contributed by atoms with Gasteiger partial charge in [0.25, 0.3) is 0 Å². The molecule has 1 fully saturated rings. The summed E-state index contributed by atoms with van der Waals surface area (Å²) in [6.07, 6.45) is 6.42. The van der Waals surface area contributed by atoms with Crippen LogP contribution >= 0.6 is 0 Å². The van der Waals surface area contributed by atoms with Gasteiger partial charge in [0.2, 0.25) is 0 Å². The second-order valence-corrected chi connectivity index (χ2v) is 5.97. The molecule has 5 heteroatoms. The minimum absolute atomic E-state index is 0.433. The van der Waals surface area contributed by atoms with Crippen molar-refractivity contribution in [3.05, 3.63) is 35.9 Å². The maximum atomic E-state index is 4.65. The topological polar surface area (TPSA) is 49.7 Å². The van der Waals surface area contributed by atoms with Crippen molar-refractivity contribution in [1.82, 2.24) is 24.9 Å². The number of hydrogen-bond acceptors (Lipinski definition) is 3. The molecule has 1 N–H and O–H groups in total. The highest BCUT2D eigenvalue weighted by atomic mass is 15.3. The van der Waals surface area contributed by atoms with Gasteiger partial charge in [0, 0.05) is 43.1 Å². The summed E-state index contributed by atoms with van der Waals surface area (Å²) in [5, 5.41) is 11.8. The summed E-state index contributed by atoms with van der Waals surface area (Å²) < 4.78 is 2.03. The number of likely N-dealkylation sites (tertiary alicyclic amines) is 1. The van der Waals surface area contributed by atoms with Gasteiger partial charge in [-0.25, -0.2) is 0 Å². The number of hydrogen-bond donors (Lipinski definition) is 1. The van der Waals surface area contributed by atoms with E-state index in [0.717, 1.165) is 13.1 Å². The van der Waals surface area contributed by atoms with Gasteiger partial charge in [-0.05, 0) is 45.4 Å². The van der Waals surface area contributed by atoms with Crippen LogP contribution in [0.1, 0.15) is 50.0 Å². The lowest BCUT2D eigenvalue weighted by atomic mass is 9.95. The number of nitrogens with zero attached hydrogens (tertiary/aromatic N) is 4. The fourth-order valence-corrected chi connectivity index (χ4v) is 2.93. The first kappa shape index (κ1) is 13.4. The third-order valence-corrected chi connectivity index (χ3v) is 4.05. The zero-order chi connectivity index (χ0) is 13.9. The Morgan fingerprint density at radius 1 is 1.40 bits per heavy atom. The number of aromatic amines is 1. The molecule has 0 aromatic carbocycles. The summed E-state index contributed by atoms with van der Waals surface area (Å²) in [7, 11) is 0. The van der Waals surface area contributed by atoms with Gasteiger partial charge in [-0.1, -0.05) is 0 Å². The van der Waals surface area contributed by atoms with Crippen LogP contribution in [0.5, 0.6) is 0 Å². The van der Waals surface area contributed by atoms with E-state index in [1.54, 1.807) is 0 Å². The number of rotatable bonds is 4. The molecule has 1 aliphatic heterocycles. The fourth-order valence-electron chi connectivity index (χ4n) is 2.93. The van der Waals surface area contributed by atoms with Gasteiger partial charge in [-0.15, -0.1) is 0 Å². The number of piperidine rings is 1. The van der Waals surface area contributed by atoms with Crippen molar-refractivity contribution in [1.29, 1.82) is 0 Å². The van der Waals surface area contributed by atoms with E-state index in [2.05, 4.69) is 52.4 Å². The van der Waals surface area contributed by atoms with Crippen LogP contribution in [0, 0.1) is 0 Å². The summed E-state index contributed by atoms with van der Waals surface area (Å²) in [5.74, 6) is 0.582. The van der Waals surface area contributed by atoms with Gasteiger partial charge in [0.15, 0.2) is 0 Å². The third kappa shape index (κ3) is 2.93. The molecule has 108 valence electrons. The van der Waals surface area contributed by atoms with E-state index in [4.69, 9.17) is 0 Å². The van der Waals surface area contributed by atoms with Crippen molar-refractivity contribution in [2.75, 3.05) is 13.1 Å². The summed E-state index contributed by atoms with van der Waals surface area (Å²) in [6.45, 7) is 7.53. The molecule has 0 bridgehead atoms. The van der Waals surface area contributed by atoms with Gasteiger partial charge in [0.1, 0.15) is 0 Å². The van der Waals surface area contributed by atoms with Gasteiger partial charge >= 0.3 is 0 Å². The Morgan fingerprint density at radius 3 is 3.00 bits per heavy atom. The molecule has 0 amide bonds. The maximum absolute atomic E-state index is 4.65. The molecule has 20 heavy (non-hydrogen) atoms. The third-order valence-electron chi connectivity index (χ3n) is 4.05. The van der Waals surface area contributed by atoms with Crippen LogP contribution in [0.2, 0.25) is 0 Å². The average molecular weight is 273 g/mol. The molecule has 3 heterocycles. The highest BCUT2D eigenvalue weighted by Crippen LogP contribution is 2.26. The number of aromatic nitrogens is 4. The van der Waals surface area contributed by atoms with Gasteiger partial charge in [-0.3, -0.25) is 14.7 Å². The molecule has 0 spiro atoms. The Kier molecular flexibility index (Phi) is 3.87. The van der Waals surface area contributed by atoms with E-state index in [0.29, 0.717) is 12.0 Å². The standard InChI is InChI=1S/C15H23N5/c1-12(2)20-9-6-14(18-20)11-19-8-3-4-13(10-19)15-5-7-16-17-15/h5-7,9,12-13H,3-4,8,10-11H2,1-2H3,(H,16,17)/t13-/m0/s1. The predicted molar refractivity (Wildman–Crippen MR) is 78.5 cm³/mol. The van der Waals surface area contributed by atoms with E-state index in [1.807, 2.05) is 10.9 Å². The van der Waals surface area contributed by atoms with Crippen LogP contribution in [-0.2, 0) is 6.54 Å². The van der Waals surface area contributed by atoms with Crippen LogP contribution in [-0.4, -0.2) is 38.0 Å². The van der Waals surface area contributed by atoms with Crippen LogP contribution in [0.3, 0.4) is 0 Å². The molecular weight excluding hydrogens is 250 g/mol. The Morgan fingerprint density at radius 2 is 2.30 bits per heavy atom. The molecule has 5 nitrogen and oxygen atoms in total. The smallest absolute Gasteiger partial charge is 0.0764 e. The normalized spacial score (nSPS) is 20.6. The summed E-state index contributed by atoms with van der Waals surface area (Å²) in [5.41, 5.74) is 2.44. The lowest BCUT2D eigenvalue weighted by Gasteiger charge is -2.31. The number of H-pyrrole nitrogens is 1. The largest absolute Gasteiger partial charge is 0.297 e. The van der Waals surface area contributed by atoms with Crippen molar-refractivity contribution in [3.8, 4) is 0 Å². The zero-order valence-electron chi connectivity index (χ0n) is 12.3. The SMILES string of the molecule is CC(C)n1ccc(CN2CCC[C@H](c3ccn[nH]3)C2)n1. The molecule has 0 aliphatic carbocycles. The first-order chi connectivity index (χ1) is 9.72. The van der Waals surface area contributed by atoms with Gasteiger partial charge in [-0.2, -0.15) is 10.2 Å². The van der Waals surface area contributed by atoms with Crippen molar-refractivity contribution in [2.45, 2.75) is 45.2 Å². The second-order valence-electron chi connectivity index (χ2n) is 5.97. The van der Waals surface area contributed by atoms with E-state index in [-0.39, 0.29) is 0 Å².